The minimum atomic E-state index is -0.398. The summed E-state index contributed by atoms with van der Waals surface area (Å²) in [6, 6.07) is 24.6. The third-order valence-corrected chi connectivity index (χ3v) is 7.02. The summed E-state index contributed by atoms with van der Waals surface area (Å²) in [6.45, 7) is 6.54. The first kappa shape index (κ1) is 25.7. The second kappa shape index (κ2) is 12.1. The Morgan fingerprint density at radius 1 is 1.03 bits per heavy atom. The van der Waals surface area contributed by atoms with Crippen LogP contribution in [0.15, 0.2) is 83.8 Å². The van der Waals surface area contributed by atoms with E-state index >= 15 is 0 Å². The van der Waals surface area contributed by atoms with Crippen LogP contribution in [-0.2, 0) is 19.5 Å². The minimum absolute atomic E-state index is 0.0897. The molecule has 0 saturated carbocycles. The molecule has 7 nitrogen and oxygen atoms in total. The number of nitrogens with one attached hydrogen (secondary N) is 3. The van der Waals surface area contributed by atoms with E-state index < -0.39 is 5.91 Å². The number of benzene rings is 3. The van der Waals surface area contributed by atoms with Crippen LogP contribution in [0.5, 0.6) is 5.75 Å². The Balaban J connectivity index is 1.24. The van der Waals surface area contributed by atoms with Gasteiger partial charge in [-0.1, -0.05) is 54.6 Å². The molecule has 0 spiro atoms. The van der Waals surface area contributed by atoms with Gasteiger partial charge in [0.25, 0.3) is 5.91 Å². The van der Waals surface area contributed by atoms with Gasteiger partial charge in [0.15, 0.2) is 0 Å². The number of fused-ring (bicyclic) bond motifs is 1. The Kier molecular flexibility index (Phi) is 8.16. The lowest BCUT2D eigenvalue weighted by molar-refractivity contribution is 0.0949. The van der Waals surface area contributed by atoms with Gasteiger partial charge < -0.3 is 20.4 Å². The fourth-order valence-corrected chi connectivity index (χ4v) is 5.07. The number of rotatable bonds is 9. The van der Waals surface area contributed by atoms with Gasteiger partial charge in [0.2, 0.25) is 5.43 Å². The molecule has 1 fully saturated rings. The van der Waals surface area contributed by atoms with Crippen molar-refractivity contribution >= 4 is 16.8 Å². The van der Waals surface area contributed by atoms with E-state index in [1.54, 1.807) is 18.2 Å². The monoisotopic (exact) mass is 510 g/mol. The number of hydrogen-bond acceptors (Lipinski definition) is 5. The van der Waals surface area contributed by atoms with Gasteiger partial charge in [-0.25, -0.2) is 0 Å². The van der Waals surface area contributed by atoms with Crippen LogP contribution in [0, 0.1) is 0 Å². The molecule has 1 atom stereocenters. The van der Waals surface area contributed by atoms with E-state index in [0.717, 1.165) is 38.2 Å². The summed E-state index contributed by atoms with van der Waals surface area (Å²) in [5.41, 5.74) is 4.01. The number of pyridine rings is 1. The van der Waals surface area contributed by atoms with E-state index in [1.165, 1.54) is 17.3 Å². The lowest BCUT2D eigenvalue weighted by Gasteiger charge is -2.36. The molecule has 1 amide bonds. The number of carbonyl (C=O) groups excluding carboxylic acids is 1. The zero-order valence-electron chi connectivity index (χ0n) is 21.7. The molecular formula is C31H34N4O3. The second-order valence-electron chi connectivity index (χ2n) is 9.69. The van der Waals surface area contributed by atoms with Gasteiger partial charge >= 0.3 is 0 Å². The predicted octanol–water partition coefficient (Wildman–Crippen LogP) is 3.87. The van der Waals surface area contributed by atoms with E-state index in [-0.39, 0.29) is 11.0 Å². The average molecular weight is 511 g/mol. The first-order valence-corrected chi connectivity index (χ1v) is 13.2. The topological polar surface area (TPSA) is 86.5 Å². The van der Waals surface area contributed by atoms with Crippen molar-refractivity contribution in [3.8, 4) is 5.75 Å². The third-order valence-electron chi connectivity index (χ3n) is 7.02. The molecule has 0 bridgehead atoms. The van der Waals surface area contributed by atoms with Crippen LogP contribution in [0.1, 0.15) is 34.0 Å². The predicted molar refractivity (Wildman–Crippen MR) is 151 cm³/mol. The number of carbonyl (C=O) groups is 1. The fourth-order valence-electron chi connectivity index (χ4n) is 5.07. The molecule has 1 unspecified atom stereocenters. The van der Waals surface area contributed by atoms with Gasteiger partial charge in [-0.3, -0.25) is 14.5 Å². The Hall–Kier alpha value is -3.94. The molecule has 4 aromatic rings. The molecule has 196 valence electrons. The lowest BCUT2D eigenvalue weighted by Crippen LogP contribution is -2.51. The number of aromatic amines is 1. The molecule has 1 aliphatic rings. The Bertz CT molecular complexity index is 1450. The molecular weight excluding hydrogens is 476 g/mol. The summed E-state index contributed by atoms with van der Waals surface area (Å²) < 4.78 is 5.52. The van der Waals surface area contributed by atoms with E-state index in [2.05, 4.69) is 63.0 Å². The highest BCUT2D eigenvalue weighted by Crippen LogP contribution is 2.18. The number of ether oxygens (including phenoxy) is 1. The Labute approximate surface area is 222 Å². The van der Waals surface area contributed by atoms with Crippen LogP contribution in [0.3, 0.4) is 0 Å². The van der Waals surface area contributed by atoms with E-state index in [0.29, 0.717) is 35.8 Å². The average Bonchev–Trinajstić information content (AvgIpc) is 2.94. The van der Waals surface area contributed by atoms with E-state index in [9.17, 15) is 9.59 Å². The molecule has 3 aromatic carbocycles. The second-order valence-corrected chi connectivity index (χ2v) is 9.69. The first-order valence-electron chi connectivity index (χ1n) is 13.2. The maximum Gasteiger partial charge on any atom is 0.257 e. The van der Waals surface area contributed by atoms with Gasteiger partial charge in [-0.05, 0) is 48.2 Å². The van der Waals surface area contributed by atoms with Crippen LogP contribution in [0.25, 0.3) is 10.9 Å². The van der Waals surface area contributed by atoms with E-state index in [4.69, 9.17) is 4.74 Å². The highest BCUT2D eigenvalue weighted by molar-refractivity contribution is 5.97. The van der Waals surface area contributed by atoms with Crippen LogP contribution < -0.4 is 20.8 Å². The van der Waals surface area contributed by atoms with Crippen molar-refractivity contribution in [1.82, 2.24) is 20.5 Å². The Morgan fingerprint density at radius 3 is 2.68 bits per heavy atom. The first-order chi connectivity index (χ1) is 18.6. The maximum absolute atomic E-state index is 13.0. The Morgan fingerprint density at radius 2 is 1.84 bits per heavy atom. The van der Waals surface area contributed by atoms with Crippen LogP contribution in [-0.4, -0.2) is 48.1 Å². The summed E-state index contributed by atoms with van der Waals surface area (Å²) in [7, 11) is 0. The number of aromatic nitrogens is 1. The molecule has 1 aromatic heterocycles. The van der Waals surface area contributed by atoms with Gasteiger partial charge in [0.1, 0.15) is 11.3 Å². The highest BCUT2D eigenvalue weighted by Gasteiger charge is 2.22. The zero-order chi connectivity index (χ0) is 26.3. The molecule has 7 heteroatoms. The number of hydrogen-bond donors (Lipinski definition) is 3. The quantitative estimate of drug-likeness (QED) is 0.318. The third kappa shape index (κ3) is 6.13. The zero-order valence-corrected chi connectivity index (χ0v) is 21.7. The smallest absolute Gasteiger partial charge is 0.257 e. The molecule has 3 N–H and O–H groups in total. The molecule has 1 aliphatic heterocycles. The number of nitrogens with zero attached hydrogens (tertiary/aromatic N) is 1. The summed E-state index contributed by atoms with van der Waals surface area (Å²) in [4.78, 5) is 31.6. The number of H-pyrrole nitrogens is 1. The molecule has 5 rings (SSSR count). The van der Waals surface area contributed by atoms with Crippen molar-refractivity contribution in [1.29, 1.82) is 0 Å². The van der Waals surface area contributed by atoms with Gasteiger partial charge in [-0.2, -0.15) is 0 Å². The van der Waals surface area contributed by atoms with Crippen LogP contribution in [0.2, 0.25) is 0 Å². The maximum atomic E-state index is 13.0. The van der Waals surface area contributed by atoms with Gasteiger partial charge in [-0.15, -0.1) is 0 Å². The number of amides is 1. The molecule has 2 heterocycles. The van der Waals surface area contributed by atoms with Crippen molar-refractivity contribution in [2.24, 2.45) is 0 Å². The molecule has 0 radical (unpaired) electrons. The summed E-state index contributed by atoms with van der Waals surface area (Å²) >= 11 is 0. The van der Waals surface area contributed by atoms with Crippen molar-refractivity contribution < 1.29 is 9.53 Å². The standard InChI is InChI=1S/C31H34N4O3/c1-2-38-26-11-12-29-27(17-26)30(36)28(20-33-29)31(37)34-18-23-9-6-10-24(15-23)21-35-14-13-32-19-25(35)16-22-7-4-3-5-8-22/h3-12,15,17,20,25,32H,2,13-14,16,18-19,21H2,1H3,(H,33,36)(H,34,37). The lowest BCUT2D eigenvalue weighted by atomic mass is 10.0. The van der Waals surface area contributed by atoms with Crippen LogP contribution >= 0.6 is 0 Å². The van der Waals surface area contributed by atoms with Crippen LogP contribution in [0.4, 0.5) is 0 Å². The normalized spacial score (nSPS) is 15.9. The largest absolute Gasteiger partial charge is 0.494 e. The number of piperazine rings is 1. The minimum Gasteiger partial charge on any atom is -0.494 e. The van der Waals surface area contributed by atoms with Crippen molar-refractivity contribution in [2.75, 3.05) is 26.2 Å². The fraction of sp³-hybridized carbons (Fsp3) is 0.290. The molecule has 0 aliphatic carbocycles. The summed E-state index contributed by atoms with van der Waals surface area (Å²) in [5.74, 6) is 0.209. The summed E-state index contributed by atoms with van der Waals surface area (Å²) in [5, 5.41) is 6.89. The highest BCUT2D eigenvalue weighted by atomic mass is 16.5. The van der Waals surface area contributed by atoms with Crippen molar-refractivity contribution in [3.05, 3.63) is 111 Å². The van der Waals surface area contributed by atoms with Gasteiger partial charge in [0.05, 0.1) is 6.61 Å². The molecule has 38 heavy (non-hydrogen) atoms. The van der Waals surface area contributed by atoms with Crippen molar-refractivity contribution in [2.45, 2.75) is 32.5 Å². The SMILES string of the molecule is CCOc1ccc2[nH]cc(C(=O)NCc3cccc(CN4CCNCC4Cc4ccccc4)c3)c(=O)c2c1. The van der Waals surface area contributed by atoms with Gasteiger partial charge in [0, 0.05) is 55.9 Å². The van der Waals surface area contributed by atoms with E-state index in [1.807, 2.05) is 19.1 Å². The van der Waals surface area contributed by atoms with Crippen molar-refractivity contribution in [3.63, 3.8) is 0 Å². The molecule has 1 saturated heterocycles. The summed E-state index contributed by atoms with van der Waals surface area (Å²) in [6.07, 6.45) is 2.49.